The topological polar surface area (TPSA) is 3.24 Å². The van der Waals surface area contributed by atoms with Gasteiger partial charge in [-0.1, -0.05) is 48.9 Å². The Morgan fingerprint density at radius 2 is 1.45 bits per heavy atom. The van der Waals surface area contributed by atoms with Gasteiger partial charge in [0.1, 0.15) is 5.82 Å². The van der Waals surface area contributed by atoms with Crippen molar-refractivity contribution in [3.63, 3.8) is 0 Å². The van der Waals surface area contributed by atoms with Gasteiger partial charge in [0.15, 0.2) is 0 Å². The predicted octanol–water partition coefficient (Wildman–Crippen LogP) is 4.48. The van der Waals surface area contributed by atoms with Crippen molar-refractivity contribution in [3.8, 4) is 11.1 Å². The normalized spacial score (nSPS) is 16.2. The summed E-state index contributed by atoms with van der Waals surface area (Å²) < 4.78 is 14.0. The summed E-state index contributed by atoms with van der Waals surface area (Å²) in [6.45, 7) is 3.24. The highest BCUT2D eigenvalue weighted by atomic mass is 19.1. The lowest BCUT2D eigenvalue weighted by Crippen LogP contribution is -2.29. The van der Waals surface area contributed by atoms with Crippen LogP contribution in [0.25, 0.3) is 11.1 Å². The highest BCUT2D eigenvalue weighted by molar-refractivity contribution is 5.67. The smallest absolute Gasteiger partial charge is 0.131 e. The molecular formula is C18H20FN. The molecule has 1 aliphatic heterocycles. The second-order valence-electron chi connectivity index (χ2n) is 5.47. The van der Waals surface area contributed by atoms with Gasteiger partial charge < -0.3 is 0 Å². The van der Waals surface area contributed by atoms with Gasteiger partial charge in [0, 0.05) is 12.1 Å². The van der Waals surface area contributed by atoms with Crippen molar-refractivity contribution in [1.82, 2.24) is 4.90 Å². The van der Waals surface area contributed by atoms with Crippen LogP contribution in [0.5, 0.6) is 0 Å². The van der Waals surface area contributed by atoms with Crippen LogP contribution in [0.4, 0.5) is 4.39 Å². The summed E-state index contributed by atoms with van der Waals surface area (Å²) in [6.07, 6.45) is 3.90. The first-order valence-corrected chi connectivity index (χ1v) is 7.40. The van der Waals surface area contributed by atoms with E-state index in [4.69, 9.17) is 0 Å². The minimum Gasteiger partial charge on any atom is -0.299 e. The molecular weight excluding hydrogens is 249 g/mol. The zero-order valence-electron chi connectivity index (χ0n) is 11.7. The number of hydrogen-bond acceptors (Lipinski definition) is 1. The molecule has 1 aliphatic rings. The summed E-state index contributed by atoms with van der Waals surface area (Å²) >= 11 is 0. The molecule has 1 saturated heterocycles. The predicted molar refractivity (Wildman–Crippen MR) is 81.0 cm³/mol. The van der Waals surface area contributed by atoms with Crippen LogP contribution in [0, 0.1) is 5.82 Å². The van der Waals surface area contributed by atoms with Crippen molar-refractivity contribution in [1.29, 1.82) is 0 Å². The molecule has 1 fully saturated rings. The van der Waals surface area contributed by atoms with Gasteiger partial charge in [0.05, 0.1) is 0 Å². The Balaban J connectivity index is 1.90. The van der Waals surface area contributed by atoms with Gasteiger partial charge in [-0.3, -0.25) is 4.90 Å². The van der Waals surface area contributed by atoms with Crippen molar-refractivity contribution in [2.75, 3.05) is 13.1 Å². The maximum atomic E-state index is 14.0. The standard InChI is InChI=1S/C18H20FN/c19-18-11-5-4-10-17(18)16-9-3-2-8-15(16)14-20-12-6-1-7-13-20/h2-5,8-11H,1,6-7,12-14H2. The molecule has 0 aliphatic carbocycles. The molecule has 0 radical (unpaired) electrons. The second kappa shape index (κ2) is 6.19. The second-order valence-corrected chi connectivity index (χ2v) is 5.47. The molecule has 0 atom stereocenters. The van der Waals surface area contributed by atoms with Crippen LogP contribution in [0.2, 0.25) is 0 Å². The SMILES string of the molecule is Fc1ccccc1-c1ccccc1CN1CCCCC1. The molecule has 2 heteroatoms. The maximum Gasteiger partial charge on any atom is 0.131 e. The summed E-state index contributed by atoms with van der Waals surface area (Å²) in [5.41, 5.74) is 2.95. The van der Waals surface area contributed by atoms with Crippen molar-refractivity contribution in [2.45, 2.75) is 25.8 Å². The van der Waals surface area contributed by atoms with Crippen LogP contribution in [0.1, 0.15) is 24.8 Å². The van der Waals surface area contributed by atoms with E-state index >= 15 is 0 Å². The van der Waals surface area contributed by atoms with Crippen LogP contribution in [0.3, 0.4) is 0 Å². The van der Waals surface area contributed by atoms with E-state index in [-0.39, 0.29) is 5.82 Å². The summed E-state index contributed by atoms with van der Waals surface area (Å²) in [5.74, 6) is -0.140. The monoisotopic (exact) mass is 269 g/mol. The Hall–Kier alpha value is -1.67. The van der Waals surface area contributed by atoms with E-state index in [1.54, 1.807) is 6.07 Å². The molecule has 0 amide bonds. The first-order valence-electron chi connectivity index (χ1n) is 7.40. The molecule has 0 N–H and O–H groups in total. The highest BCUT2D eigenvalue weighted by Crippen LogP contribution is 2.27. The minimum absolute atomic E-state index is 0.140. The lowest BCUT2D eigenvalue weighted by molar-refractivity contribution is 0.221. The van der Waals surface area contributed by atoms with Crippen molar-refractivity contribution >= 4 is 0 Å². The lowest BCUT2D eigenvalue weighted by Gasteiger charge is -2.27. The summed E-state index contributed by atoms with van der Waals surface area (Å²) in [5, 5.41) is 0. The molecule has 1 heterocycles. The van der Waals surface area contributed by atoms with E-state index in [0.717, 1.165) is 25.2 Å². The molecule has 2 aromatic carbocycles. The maximum absolute atomic E-state index is 14.0. The first-order chi connectivity index (χ1) is 9.84. The minimum atomic E-state index is -0.140. The number of rotatable bonds is 3. The third kappa shape index (κ3) is 2.91. The number of likely N-dealkylation sites (tertiary alicyclic amines) is 1. The summed E-state index contributed by atoms with van der Waals surface area (Å²) in [7, 11) is 0. The highest BCUT2D eigenvalue weighted by Gasteiger charge is 2.14. The number of benzene rings is 2. The molecule has 0 aromatic heterocycles. The quantitative estimate of drug-likeness (QED) is 0.794. The molecule has 0 unspecified atom stereocenters. The Bertz CT molecular complexity index is 573. The molecule has 104 valence electrons. The van der Waals surface area contributed by atoms with Crippen LogP contribution in [0.15, 0.2) is 48.5 Å². The van der Waals surface area contributed by atoms with Crippen LogP contribution in [-0.4, -0.2) is 18.0 Å². The largest absolute Gasteiger partial charge is 0.299 e. The molecule has 20 heavy (non-hydrogen) atoms. The van der Waals surface area contributed by atoms with E-state index < -0.39 is 0 Å². The van der Waals surface area contributed by atoms with Gasteiger partial charge in [0.25, 0.3) is 0 Å². The average molecular weight is 269 g/mol. The molecule has 0 bridgehead atoms. The third-order valence-electron chi connectivity index (χ3n) is 4.02. The van der Waals surface area contributed by atoms with Crippen LogP contribution in [-0.2, 0) is 6.54 Å². The molecule has 0 spiro atoms. The zero-order chi connectivity index (χ0) is 13.8. The lowest BCUT2D eigenvalue weighted by atomic mass is 9.98. The fraction of sp³-hybridized carbons (Fsp3) is 0.333. The zero-order valence-corrected chi connectivity index (χ0v) is 11.7. The van der Waals surface area contributed by atoms with Gasteiger partial charge in [-0.05, 0) is 43.1 Å². The van der Waals surface area contributed by atoms with Gasteiger partial charge in [-0.15, -0.1) is 0 Å². The van der Waals surface area contributed by atoms with Gasteiger partial charge in [-0.25, -0.2) is 4.39 Å². The molecule has 3 rings (SSSR count). The van der Waals surface area contributed by atoms with Crippen LogP contribution >= 0.6 is 0 Å². The number of nitrogens with zero attached hydrogens (tertiary/aromatic N) is 1. The number of hydrogen-bond donors (Lipinski definition) is 0. The van der Waals surface area contributed by atoms with Crippen molar-refractivity contribution in [2.24, 2.45) is 0 Å². The number of piperidine rings is 1. The Morgan fingerprint density at radius 3 is 2.20 bits per heavy atom. The molecule has 1 nitrogen and oxygen atoms in total. The average Bonchev–Trinajstić information content (AvgIpc) is 2.50. The van der Waals surface area contributed by atoms with Crippen molar-refractivity contribution in [3.05, 3.63) is 59.9 Å². The summed E-state index contributed by atoms with van der Waals surface area (Å²) in [4.78, 5) is 2.48. The fourth-order valence-corrected chi connectivity index (χ4v) is 2.96. The van der Waals surface area contributed by atoms with Gasteiger partial charge in [0.2, 0.25) is 0 Å². The first kappa shape index (κ1) is 13.3. The van der Waals surface area contributed by atoms with E-state index in [1.807, 2.05) is 30.3 Å². The Kier molecular flexibility index (Phi) is 4.12. The van der Waals surface area contributed by atoms with E-state index in [9.17, 15) is 4.39 Å². The Morgan fingerprint density at radius 1 is 0.800 bits per heavy atom. The van der Waals surface area contributed by atoms with Crippen LogP contribution < -0.4 is 0 Å². The Labute approximate surface area is 120 Å². The van der Waals surface area contributed by atoms with Crippen molar-refractivity contribution < 1.29 is 4.39 Å². The third-order valence-corrected chi connectivity index (χ3v) is 4.02. The molecule has 2 aromatic rings. The van der Waals surface area contributed by atoms with Gasteiger partial charge >= 0.3 is 0 Å². The molecule has 0 saturated carbocycles. The van der Waals surface area contributed by atoms with E-state index in [0.29, 0.717) is 5.56 Å². The van der Waals surface area contributed by atoms with Gasteiger partial charge in [-0.2, -0.15) is 0 Å². The van der Waals surface area contributed by atoms with E-state index in [2.05, 4.69) is 11.0 Å². The number of halogens is 1. The fourth-order valence-electron chi connectivity index (χ4n) is 2.96. The van der Waals surface area contributed by atoms with E-state index in [1.165, 1.54) is 30.9 Å². The summed E-state index contributed by atoms with van der Waals surface area (Å²) in [6, 6.07) is 15.2.